The van der Waals surface area contributed by atoms with Gasteiger partial charge in [0.15, 0.2) is 0 Å². The van der Waals surface area contributed by atoms with Gasteiger partial charge in [-0.15, -0.1) is 0 Å². The highest BCUT2D eigenvalue weighted by atomic mass is 32.2. The monoisotopic (exact) mass is 474 g/mol. The zero-order valence-electron chi connectivity index (χ0n) is 15.9. The maximum absolute atomic E-state index is 12.0. The Morgan fingerprint density at radius 2 is 1.20 bits per heavy atom. The standard InChI is InChI=1S/C18H22N2O7S3/c21-7-5-19-29(23,24)11-13-1-3-17-15(9-13)27-16-10-14(2-4-18(16)28-17)12-30(25,26)20-6-8-22/h1-4,9-10,19-22H,5-8,11-12H2. The second-order valence-corrected chi connectivity index (χ2v) is 11.2. The fourth-order valence-corrected chi connectivity index (χ4v) is 5.95. The fourth-order valence-electron chi connectivity index (χ4n) is 2.79. The summed E-state index contributed by atoms with van der Waals surface area (Å²) in [5.41, 5.74) is 1.05. The van der Waals surface area contributed by atoms with E-state index in [1.807, 2.05) is 0 Å². The van der Waals surface area contributed by atoms with Crippen molar-refractivity contribution in [3.05, 3.63) is 47.5 Å². The molecule has 0 unspecified atom stereocenters. The van der Waals surface area contributed by atoms with Gasteiger partial charge < -0.3 is 14.9 Å². The van der Waals surface area contributed by atoms with E-state index in [0.717, 1.165) is 9.79 Å². The number of hydrogen-bond donors (Lipinski definition) is 4. The van der Waals surface area contributed by atoms with Crippen molar-refractivity contribution >= 4 is 31.8 Å². The maximum atomic E-state index is 12.0. The summed E-state index contributed by atoms with van der Waals surface area (Å²) in [7, 11) is -7.16. The zero-order valence-corrected chi connectivity index (χ0v) is 18.3. The molecule has 0 saturated carbocycles. The Morgan fingerprint density at radius 1 is 0.767 bits per heavy atom. The summed E-state index contributed by atoms with van der Waals surface area (Å²) in [4.78, 5) is 1.63. The number of ether oxygens (including phenoxy) is 1. The second-order valence-electron chi connectivity index (χ2n) is 6.52. The van der Waals surface area contributed by atoms with Gasteiger partial charge in [-0.1, -0.05) is 23.9 Å². The number of sulfonamides is 2. The van der Waals surface area contributed by atoms with Crippen LogP contribution in [0.1, 0.15) is 11.1 Å². The van der Waals surface area contributed by atoms with Crippen molar-refractivity contribution in [2.75, 3.05) is 26.3 Å². The van der Waals surface area contributed by atoms with Gasteiger partial charge in [0, 0.05) is 13.1 Å². The van der Waals surface area contributed by atoms with Gasteiger partial charge in [-0.25, -0.2) is 26.3 Å². The van der Waals surface area contributed by atoms with Crippen LogP contribution in [0, 0.1) is 0 Å². The van der Waals surface area contributed by atoms with E-state index < -0.39 is 20.0 Å². The van der Waals surface area contributed by atoms with Crippen LogP contribution < -0.4 is 14.2 Å². The number of aliphatic hydroxyl groups excluding tert-OH is 2. The summed E-state index contributed by atoms with van der Waals surface area (Å²) in [6.45, 7) is -0.668. The van der Waals surface area contributed by atoms with E-state index >= 15 is 0 Å². The molecule has 1 aliphatic heterocycles. The van der Waals surface area contributed by atoms with Crippen LogP contribution in [-0.2, 0) is 31.6 Å². The van der Waals surface area contributed by atoms with Gasteiger partial charge in [-0.3, -0.25) is 0 Å². The molecule has 164 valence electrons. The van der Waals surface area contributed by atoms with Crippen LogP contribution in [0.4, 0.5) is 0 Å². The molecule has 1 heterocycles. The molecule has 9 nitrogen and oxygen atoms in total. The third kappa shape index (κ3) is 6.17. The van der Waals surface area contributed by atoms with Gasteiger partial charge in [-0.2, -0.15) is 0 Å². The number of nitrogens with one attached hydrogen (secondary N) is 2. The SMILES string of the molecule is O=S(=O)(Cc1ccc2c(c1)Oc1cc(CS(=O)(=O)NCCO)ccc1S2)NCCO. The number of aliphatic hydroxyl groups is 2. The quantitative estimate of drug-likeness (QED) is 0.338. The lowest BCUT2D eigenvalue weighted by molar-refractivity contribution is 0.300. The van der Waals surface area contributed by atoms with Gasteiger partial charge in [0.05, 0.1) is 34.5 Å². The highest BCUT2D eigenvalue weighted by Gasteiger charge is 2.21. The molecule has 30 heavy (non-hydrogen) atoms. The molecule has 0 fully saturated rings. The molecule has 0 bridgehead atoms. The minimum absolute atomic E-state index is 0.0498. The summed E-state index contributed by atoms with van der Waals surface area (Å²) in [6, 6.07) is 10.2. The largest absolute Gasteiger partial charge is 0.455 e. The van der Waals surface area contributed by atoms with Crippen LogP contribution in [0.25, 0.3) is 0 Å². The Balaban J connectivity index is 1.77. The Morgan fingerprint density at radius 3 is 1.60 bits per heavy atom. The van der Waals surface area contributed by atoms with Crippen LogP contribution in [-0.4, -0.2) is 53.4 Å². The van der Waals surface area contributed by atoms with E-state index in [2.05, 4.69) is 9.44 Å². The van der Waals surface area contributed by atoms with E-state index in [4.69, 9.17) is 14.9 Å². The van der Waals surface area contributed by atoms with Gasteiger partial charge in [-0.05, 0) is 35.4 Å². The highest BCUT2D eigenvalue weighted by Crippen LogP contribution is 2.47. The van der Waals surface area contributed by atoms with Crippen LogP contribution in [0.2, 0.25) is 0 Å². The van der Waals surface area contributed by atoms with Crippen LogP contribution in [0.15, 0.2) is 46.2 Å². The van der Waals surface area contributed by atoms with E-state index in [0.29, 0.717) is 22.6 Å². The Hall–Kier alpha value is -1.67. The van der Waals surface area contributed by atoms with Crippen molar-refractivity contribution in [3.8, 4) is 11.5 Å². The number of hydrogen-bond acceptors (Lipinski definition) is 8. The normalized spacial score (nSPS) is 13.4. The average molecular weight is 475 g/mol. The number of fused-ring (bicyclic) bond motifs is 2. The first-order valence-electron chi connectivity index (χ1n) is 8.99. The first-order valence-corrected chi connectivity index (χ1v) is 13.1. The van der Waals surface area contributed by atoms with Crippen LogP contribution in [0.5, 0.6) is 11.5 Å². The smallest absolute Gasteiger partial charge is 0.215 e. The summed E-state index contributed by atoms with van der Waals surface area (Å²) < 4.78 is 58.6. The van der Waals surface area contributed by atoms with Gasteiger partial charge in [0.2, 0.25) is 20.0 Å². The van der Waals surface area contributed by atoms with Gasteiger partial charge in [0.1, 0.15) is 11.5 Å². The molecule has 0 atom stereocenters. The van der Waals surface area contributed by atoms with Crippen molar-refractivity contribution in [1.82, 2.24) is 9.44 Å². The second kappa shape index (κ2) is 9.64. The molecule has 2 aromatic rings. The van der Waals surface area contributed by atoms with Gasteiger partial charge in [0.25, 0.3) is 0 Å². The van der Waals surface area contributed by atoms with Crippen molar-refractivity contribution in [2.24, 2.45) is 0 Å². The molecule has 3 rings (SSSR count). The molecule has 0 aliphatic carbocycles. The predicted octanol–water partition coefficient (Wildman–Crippen LogP) is 0.767. The van der Waals surface area contributed by atoms with Crippen LogP contribution in [0.3, 0.4) is 0 Å². The molecule has 0 saturated heterocycles. The zero-order chi connectivity index (χ0) is 21.8. The predicted molar refractivity (Wildman–Crippen MR) is 113 cm³/mol. The third-order valence-corrected chi connectivity index (χ3v) is 7.87. The summed E-state index contributed by atoms with van der Waals surface area (Å²) in [5, 5.41) is 17.6. The molecule has 0 aromatic heterocycles. The Bertz CT molecular complexity index is 1030. The molecular formula is C18H22N2O7S3. The van der Waals surface area contributed by atoms with Crippen LogP contribution >= 0.6 is 11.8 Å². The van der Waals surface area contributed by atoms with E-state index in [1.165, 1.54) is 11.8 Å². The molecule has 0 amide bonds. The first-order chi connectivity index (χ1) is 14.2. The Labute approximate surface area is 179 Å². The van der Waals surface area contributed by atoms with E-state index in [-0.39, 0.29) is 37.8 Å². The molecule has 1 aliphatic rings. The number of benzene rings is 2. The molecule has 2 aromatic carbocycles. The van der Waals surface area contributed by atoms with Crippen molar-refractivity contribution < 1.29 is 31.8 Å². The highest BCUT2D eigenvalue weighted by molar-refractivity contribution is 7.99. The lowest BCUT2D eigenvalue weighted by Gasteiger charge is -2.21. The fraction of sp³-hybridized carbons (Fsp3) is 0.333. The maximum Gasteiger partial charge on any atom is 0.215 e. The summed E-state index contributed by atoms with van der Waals surface area (Å²) >= 11 is 1.44. The first kappa shape index (κ1) is 23.0. The lowest BCUT2D eigenvalue weighted by Crippen LogP contribution is -2.27. The topological polar surface area (TPSA) is 142 Å². The van der Waals surface area contributed by atoms with E-state index in [9.17, 15) is 16.8 Å². The molecule has 4 N–H and O–H groups in total. The molecule has 0 spiro atoms. The summed E-state index contributed by atoms with van der Waals surface area (Å²) in [5.74, 6) is 0.466. The average Bonchev–Trinajstić information content (AvgIpc) is 2.68. The number of rotatable bonds is 10. The summed E-state index contributed by atoms with van der Waals surface area (Å²) in [6.07, 6.45) is 0. The van der Waals surface area contributed by atoms with Crippen molar-refractivity contribution in [1.29, 1.82) is 0 Å². The minimum Gasteiger partial charge on any atom is -0.455 e. The minimum atomic E-state index is -3.58. The van der Waals surface area contributed by atoms with E-state index in [1.54, 1.807) is 36.4 Å². The molecular weight excluding hydrogens is 452 g/mol. The van der Waals surface area contributed by atoms with Crippen molar-refractivity contribution in [3.63, 3.8) is 0 Å². The van der Waals surface area contributed by atoms with Gasteiger partial charge >= 0.3 is 0 Å². The third-order valence-electron chi connectivity index (χ3n) is 4.04. The van der Waals surface area contributed by atoms with Crippen molar-refractivity contribution in [2.45, 2.75) is 21.3 Å². The Kier molecular flexibility index (Phi) is 7.39. The molecule has 12 heteroatoms. The molecule has 0 radical (unpaired) electrons. The lowest BCUT2D eigenvalue weighted by atomic mass is 10.2.